The fourth-order valence-corrected chi connectivity index (χ4v) is 4.25. The third-order valence-electron chi connectivity index (χ3n) is 4.31. The molecular weight excluding hydrogens is 392 g/mol. The van der Waals surface area contributed by atoms with Gasteiger partial charge in [-0.05, 0) is 55.7 Å². The summed E-state index contributed by atoms with van der Waals surface area (Å²) in [7, 11) is -1.62. The summed E-state index contributed by atoms with van der Waals surface area (Å²) in [5.74, 6) is 0.198. The van der Waals surface area contributed by atoms with Crippen molar-refractivity contribution in [3.05, 3.63) is 47.5 Å². The molecule has 0 saturated carbocycles. The van der Waals surface area contributed by atoms with E-state index in [-0.39, 0.29) is 25.0 Å². The number of fused-ring (bicyclic) bond motifs is 2. The van der Waals surface area contributed by atoms with Crippen LogP contribution in [0.2, 0.25) is 0 Å². The van der Waals surface area contributed by atoms with Gasteiger partial charge in [0.05, 0.1) is 20.6 Å². The third kappa shape index (κ3) is 5.57. The maximum Gasteiger partial charge on any atom is 0.257 e. The minimum atomic E-state index is -1.62. The first-order valence-corrected chi connectivity index (χ1v) is 10.5. The van der Waals surface area contributed by atoms with Crippen molar-refractivity contribution in [2.75, 3.05) is 26.3 Å². The zero-order valence-electron chi connectivity index (χ0n) is 16.4. The summed E-state index contributed by atoms with van der Waals surface area (Å²) in [6.07, 6.45) is 0.590. The van der Waals surface area contributed by atoms with Crippen LogP contribution in [0.5, 0.6) is 11.5 Å². The Kier molecular flexibility index (Phi) is 6.87. The quantitative estimate of drug-likeness (QED) is 0.684. The Bertz CT molecular complexity index is 871. The maximum absolute atomic E-state index is 13.4. The van der Waals surface area contributed by atoms with Gasteiger partial charge < -0.3 is 20.1 Å². The highest BCUT2D eigenvalue weighted by molar-refractivity contribution is 7.85. The Balaban J connectivity index is 2.00. The monoisotopic (exact) mass is 416 g/mol. The van der Waals surface area contributed by atoms with E-state index in [0.717, 1.165) is 11.1 Å². The van der Waals surface area contributed by atoms with E-state index < -0.39 is 10.8 Å². The SMILES string of the molecule is Cc1ccc2c(c1)S(=O)c1cc(C)ccc1OCC(=O)NCCCNC(=O)CO2. The second-order valence-corrected chi connectivity index (χ2v) is 8.22. The molecule has 29 heavy (non-hydrogen) atoms. The van der Waals surface area contributed by atoms with Crippen LogP contribution >= 0.6 is 0 Å². The molecule has 2 aromatic carbocycles. The molecule has 1 aliphatic heterocycles. The zero-order valence-corrected chi connectivity index (χ0v) is 17.3. The number of aryl methyl sites for hydroxylation is 2. The Morgan fingerprint density at radius 3 is 1.69 bits per heavy atom. The molecule has 2 amide bonds. The molecule has 0 spiro atoms. The van der Waals surface area contributed by atoms with E-state index in [1.54, 1.807) is 24.3 Å². The summed E-state index contributed by atoms with van der Waals surface area (Å²) >= 11 is 0. The lowest BCUT2D eigenvalue weighted by atomic mass is 10.2. The van der Waals surface area contributed by atoms with Gasteiger partial charge in [-0.25, -0.2) is 4.21 Å². The van der Waals surface area contributed by atoms with Crippen molar-refractivity contribution >= 4 is 22.6 Å². The number of hydrogen-bond acceptors (Lipinski definition) is 5. The minimum absolute atomic E-state index is 0.184. The predicted octanol–water partition coefficient (Wildman–Crippen LogP) is 1.86. The van der Waals surface area contributed by atoms with Gasteiger partial charge >= 0.3 is 0 Å². The molecule has 0 unspecified atom stereocenters. The van der Waals surface area contributed by atoms with E-state index in [0.29, 0.717) is 40.8 Å². The van der Waals surface area contributed by atoms with Crippen molar-refractivity contribution in [2.45, 2.75) is 30.1 Å². The van der Waals surface area contributed by atoms with Crippen LogP contribution in [0.25, 0.3) is 0 Å². The number of carbonyl (C=O) groups is 2. The summed E-state index contributed by atoms with van der Waals surface area (Å²) in [6.45, 7) is 4.24. The van der Waals surface area contributed by atoms with Crippen molar-refractivity contribution in [1.29, 1.82) is 0 Å². The molecule has 0 atom stereocenters. The second kappa shape index (κ2) is 9.56. The molecule has 0 bridgehead atoms. The molecule has 2 aromatic rings. The van der Waals surface area contributed by atoms with Crippen LogP contribution in [0.3, 0.4) is 0 Å². The fourth-order valence-electron chi connectivity index (χ4n) is 2.81. The van der Waals surface area contributed by atoms with Crippen molar-refractivity contribution in [3.63, 3.8) is 0 Å². The van der Waals surface area contributed by atoms with E-state index in [9.17, 15) is 13.8 Å². The molecule has 1 heterocycles. The molecule has 1 aliphatic rings. The number of ether oxygens (including phenoxy) is 2. The molecule has 3 rings (SSSR count). The van der Waals surface area contributed by atoms with Crippen LogP contribution in [0.4, 0.5) is 0 Å². The minimum Gasteiger partial charge on any atom is -0.482 e. The van der Waals surface area contributed by atoms with E-state index in [2.05, 4.69) is 10.6 Å². The molecule has 8 heteroatoms. The Hall–Kier alpha value is -2.87. The first kappa shape index (κ1) is 20.9. The van der Waals surface area contributed by atoms with Crippen LogP contribution in [0.1, 0.15) is 17.5 Å². The summed E-state index contributed by atoms with van der Waals surface area (Å²) in [5.41, 5.74) is 1.82. The zero-order chi connectivity index (χ0) is 20.8. The molecule has 2 N–H and O–H groups in total. The molecule has 0 saturated heterocycles. The average Bonchev–Trinajstić information content (AvgIpc) is 2.70. The van der Waals surface area contributed by atoms with Gasteiger partial charge in [-0.1, -0.05) is 12.1 Å². The fraction of sp³-hybridized carbons (Fsp3) is 0.333. The van der Waals surface area contributed by atoms with E-state index in [1.165, 1.54) is 0 Å². The normalized spacial score (nSPS) is 16.5. The van der Waals surface area contributed by atoms with E-state index in [1.807, 2.05) is 26.0 Å². The number of benzene rings is 2. The number of rotatable bonds is 0. The van der Waals surface area contributed by atoms with Gasteiger partial charge in [-0.3, -0.25) is 9.59 Å². The first-order chi connectivity index (χ1) is 13.9. The van der Waals surface area contributed by atoms with Gasteiger partial charge in [-0.2, -0.15) is 0 Å². The number of amides is 2. The number of carbonyl (C=O) groups excluding carboxylic acids is 2. The van der Waals surface area contributed by atoms with Crippen LogP contribution in [0.15, 0.2) is 46.2 Å². The standard InChI is InChI=1S/C21H24N2O5S/c1-14-4-6-16-18(10-14)29(26)19-11-15(2)5-7-17(19)28-13-21(25)23-9-3-8-22-20(24)12-27-16/h4-7,10-11H,3,8-9,12-13H2,1-2H3,(H,22,24)(H,23,25). The number of nitrogens with one attached hydrogen (secondary N) is 2. The predicted molar refractivity (Wildman–Crippen MR) is 109 cm³/mol. The van der Waals surface area contributed by atoms with Crippen LogP contribution in [0, 0.1) is 13.8 Å². The number of hydrogen-bond donors (Lipinski definition) is 2. The van der Waals surface area contributed by atoms with Gasteiger partial charge in [0.2, 0.25) is 0 Å². The van der Waals surface area contributed by atoms with E-state index in [4.69, 9.17) is 9.47 Å². The topological polar surface area (TPSA) is 93.7 Å². The van der Waals surface area contributed by atoms with Gasteiger partial charge in [-0.15, -0.1) is 0 Å². The van der Waals surface area contributed by atoms with Gasteiger partial charge in [0.15, 0.2) is 13.2 Å². The smallest absolute Gasteiger partial charge is 0.257 e. The highest BCUT2D eigenvalue weighted by Gasteiger charge is 2.20. The largest absolute Gasteiger partial charge is 0.482 e. The molecular formula is C21H24N2O5S. The molecule has 0 aliphatic carbocycles. The lowest BCUT2D eigenvalue weighted by molar-refractivity contribution is -0.123. The third-order valence-corrected chi connectivity index (χ3v) is 5.75. The van der Waals surface area contributed by atoms with Gasteiger partial charge in [0.25, 0.3) is 11.8 Å². The van der Waals surface area contributed by atoms with Crippen molar-refractivity contribution in [2.24, 2.45) is 0 Å². The Morgan fingerprint density at radius 2 is 1.24 bits per heavy atom. The second-order valence-electron chi connectivity index (χ2n) is 6.80. The summed E-state index contributed by atoms with van der Waals surface area (Å²) in [6, 6.07) is 10.6. The summed E-state index contributed by atoms with van der Waals surface area (Å²) in [5, 5.41) is 5.47. The summed E-state index contributed by atoms with van der Waals surface area (Å²) < 4.78 is 24.8. The van der Waals surface area contributed by atoms with Crippen molar-refractivity contribution < 1.29 is 23.3 Å². The first-order valence-electron chi connectivity index (χ1n) is 9.36. The Labute approximate surface area is 172 Å². The van der Waals surface area contributed by atoms with Crippen LogP contribution in [-0.4, -0.2) is 42.3 Å². The van der Waals surface area contributed by atoms with Gasteiger partial charge in [0, 0.05) is 13.1 Å². The van der Waals surface area contributed by atoms with Crippen LogP contribution < -0.4 is 20.1 Å². The lowest BCUT2D eigenvalue weighted by Crippen LogP contribution is -2.34. The molecule has 0 radical (unpaired) electrons. The van der Waals surface area contributed by atoms with Gasteiger partial charge in [0.1, 0.15) is 11.5 Å². The lowest BCUT2D eigenvalue weighted by Gasteiger charge is -2.16. The maximum atomic E-state index is 13.4. The molecule has 154 valence electrons. The van der Waals surface area contributed by atoms with Crippen LogP contribution in [-0.2, 0) is 20.4 Å². The average molecular weight is 416 g/mol. The Morgan fingerprint density at radius 1 is 0.793 bits per heavy atom. The molecule has 7 nitrogen and oxygen atoms in total. The molecule has 0 fully saturated rings. The summed E-state index contributed by atoms with van der Waals surface area (Å²) in [4.78, 5) is 24.9. The molecule has 0 aromatic heterocycles. The highest BCUT2D eigenvalue weighted by Crippen LogP contribution is 2.32. The van der Waals surface area contributed by atoms with Crippen molar-refractivity contribution in [3.8, 4) is 11.5 Å². The van der Waals surface area contributed by atoms with E-state index >= 15 is 0 Å². The highest BCUT2D eigenvalue weighted by atomic mass is 32.2. The van der Waals surface area contributed by atoms with Crippen molar-refractivity contribution in [1.82, 2.24) is 10.6 Å².